The topological polar surface area (TPSA) is 27.6 Å². The average Bonchev–Trinajstić information content (AvgIpc) is 2.69. The Kier molecular flexibility index (Phi) is 3.92. The molecular formula is C11H21N3S. The van der Waals surface area contributed by atoms with Gasteiger partial charge in [0.05, 0.1) is 6.54 Å². The second-order valence-corrected chi connectivity index (χ2v) is 5.80. The van der Waals surface area contributed by atoms with E-state index in [-0.39, 0.29) is 0 Å². The molecule has 1 unspecified atom stereocenters. The van der Waals surface area contributed by atoms with Crippen LogP contribution in [0.4, 0.5) is 0 Å². The SMILES string of the molecule is CCC1CN=C(NC2CCN(C)CC2)S1. The van der Waals surface area contributed by atoms with Crippen LogP contribution in [0.3, 0.4) is 0 Å². The van der Waals surface area contributed by atoms with Gasteiger partial charge in [0.15, 0.2) is 5.17 Å². The number of nitrogens with one attached hydrogen (secondary N) is 1. The smallest absolute Gasteiger partial charge is 0.157 e. The van der Waals surface area contributed by atoms with Gasteiger partial charge in [0, 0.05) is 11.3 Å². The number of piperidine rings is 1. The molecule has 0 aromatic rings. The molecule has 1 saturated heterocycles. The first-order valence-electron chi connectivity index (χ1n) is 5.94. The minimum absolute atomic E-state index is 0.656. The molecule has 0 saturated carbocycles. The van der Waals surface area contributed by atoms with Crippen molar-refractivity contribution in [3.63, 3.8) is 0 Å². The highest BCUT2D eigenvalue weighted by Gasteiger charge is 2.22. The van der Waals surface area contributed by atoms with Crippen molar-refractivity contribution in [2.45, 2.75) is 37.5 Å². The summed E-state index contributed by atoms with van der Waals surface area (Å²) in [6, 6.07) is 0.656. The molecule has 0 aromatic carbocycles. The minimum atomic E-state index is 0.656. The fourth-order valence-corrected chi connectivity index (χ4v) is 3.05. The van der Waals surface area contributed by atoms with Gasteiger partial charge in [-0.15, -0.1) is 0 Å². The second kappa shape index (κ2) is 5.21. The van der Waals surface area contributed by atoms with Crippen LogP contribution in [0.15, 0.2) is 4.99 Å². The first-order chi connectivity index (χ1) is 7.28. The van der Waals surface area contributed by atoms with Crippen molar-refractivity contribution < 1.29 is 0 Å². The summed E-state index contributed by atoms with van der Waals surface area (Å²) in [6.07, 6.45) is 3.74. The van der Waals surface area contributed by atoms with Crippen LogP contribution in [0.5, 0.6) is 0 Å². The third kappa shape index (κ3) is 3.11. The van der Waals surface area contributed by atoms with Gasteiger partial charge >= 0.3 is 0 Å². The first-order valence-corrected chi connectivity index (χ1v) is 6.82. The van der Waals surface area contributed by atoms with Crippen LogP contribution in [-0.2, 0) is 0 Å². The number of nitrogens with zero attached hydrogens (tertiary/aromatic N) is 2. The van der Waals surface area contributed by atoms with Crippen molar-refractivity contribution in [3.05, 3.63) is 0 Å². The molecule has 2 aliphatic heterocycles. The largest absolute Gasteiger partial charge is 0.362 e. The predicted molar refractivity (Wildman–Crippen MR) is 67.6 cm³/mol. The second-order valence-electron chi connectivity index (χ2n) is 4.52. The van der Waals surface area contributed by atoms with E-state index >= 15 is 0 Å². The molecule has 2 heterocycles. The molecule has 1 fully saturated rings. The lowest BCUT2D eigenvalue weighted by molar-refractivity contribution is 0.247. The number of thioether (sulfide) groups is 1. The summed E-state index contributed by atoms with van der Waals surface area (Å²) < 4.78 is 0. The Bertz CT molecular complexity index is 234. The molecule has 0 aromatic heterocycles. The monoisotopic (exact) mass is 227 g/mol. The Balaban J connectivity index is 1.74. The number of hydrogen-bond donors (Lipinski definition) is 1. The normalized spacial score (nSPS) is 29.2. The van der Waals surface area contributed by atoms with Crippen molar-refractivity contribution in [2.75, 3.05) is 26.7 Å². The molecule has 2 aliphatic rings. The summed E-state index contributed by atoms with van der Waals surface area (Å²) in [7, 11) is 2.20. The van der Waals surface area contributed by atoms with Crippen LogP contribution < -0.4 is 5.32 Å². The lowest BCUT2D eigenvalue weighted by Crippen LogP contribution is -2.42. The molecule has 0 spiro atoms. The Hall–Kier alpha value is -0.220. The van der Waals surface area contributed by atoms with Crippen molar-refractivity contribution >= 4 is 16.9 Å². The Labute approximate surface area is 96.7 Å². The number of aliphatic imine (C=N–C) groups is 1. The van der Waals surface area contributed by atoms with Crippen LogP contribution in [-0.4, -0.2) is 48.0 Å². The number of rotatable bonds is 2. The quantitative estimate of drug-likeness (QED) is 0.775. The first kappa shape index (κ1) is 11.3. The Morgan fingerprint density at radius 3 is 2.80 bits per heavy atom. The fourth-order valence-electron chi connectivity index (χ4n) is 2.04. The molecule has 3 nitrogen and oxygen atoms in total. The Morgan fingerprint density at radius 2 is 2.20 bits per heavy atom. The van der Waals surface area contributed by atoms with Crippen LogP contribution >= 0.6 is 11.8 Å². The molecule has 0 amide bonds. The lowest BCUT2D eigenvalue weighted by atomic mass is 10.1. The van der Waals surface area contributed by atoms with E-state index in [9.17, 15) is 0 Å². The summed E-state index contributed by atoms with van der Waals surface area (Å²) in [5.74, 6) is 0. The lowest BCUT2D eigenvalue weighted by Gasteiger charge is -2.29. The highest BCUT2D eigenvalue weighted by atomic mass is 32.2. The minimum Gasteiger partial charge on any atom is -0.362 e. The zero-order valence-corrected chi connectivity index (χ0v) is 10.5. The third-order valence-electron chi connectivity index (χ3n) is 3.22. The van der Waals surface area contributed by atoms with Gasteiger partial charge in [-0.05, 0) is 39.4 Å². The van der Waals surface area contributed by atoms with Gasteiger partial charge in [-0.2, -0.15) is 0 Å². The Morgan fingerprint density at radius 1 is 1.47 bits per heavy atom. The van der Waals surface area contributed by atoms with E-state index < -0.39 is 0 Å². The fraction of sp³-hybridized carbons (Fsp3) is 0.909. The van der Waals surface area contributed by atoms with Gasteiger partial charge in [-0.3, -0.25) is 4.99 Å². The predicted octanol–water partition coefficient (Wildman–Crippen LogP) is 1.55. The van der Waals surface area contributed by atoms with E-state index in [1.165, 1.54) is 37.5 Å². The van der Waals surface area contributed by atoms with E-state index in [0.717, 1.165) is 11.8 Å². The third-order valence-corrected chi connectivity index (χ3v) is 4.50. The zero-order valence-electron chi connectivity index (χ0n) is 9.70. The molecule has 1 atom stereocenters. The van der Waals surface area contributed by atoms with Crippen LogP contribution in [0, 0.1) is 0 Å². The molecular weight excluding hydrogens is 206 g/mol. The van der Waals surface area contributed by atoms with Gasteiger partial charge in [0.2, 0.25) is 0 Å². The van der Waals surface area contributed by atoms with E-state index in [1.54, 1.807) is 0 Å². The molecule has 4 heteroatoms. The van der Waals surface area contributed by atoms with Crippen LogP contribution in [0.2, 0.25) is 0 Å². The summed E-state index contributed by atoms with van der Waals surface area (Å²) in [5, 5.41) is 5.50. The molecule has 15 heavy (non-hydrogen) atoms. The van der Waals surface area contributed by atoms with Crippen molar-refractivity contribution in [2.24, 2.45) is 4.99 Å². The molecule has 86 valence electrons. The molecule has 2 rings (SSSR count). The van der Waals surface area contributed by atoms with Crippen molar-refractivity contribution in [1.29, 1.82) is 0 Å². The van der Waals surface area contributed by atoms with E-state index in [0.29, 0.717) is 6.04 Å². The zero-order chi connectivity index (χ0) is 10.7. The summed E-state index contributed by atoms with van der Waals surface area (Å²) in [5.41, 5.74) is 0. The maximum absolute atomic E-state index is 4.56. The van der Waals surface area contributed by atoms with E-state index in [1.807, 2.05) is 11.8 Å². The summed E-state index contributed by atoms with van der Waals surface area (Å²) >= 11 is 1.93. The number of amidine groups is 1. The van der Waals surface area contributed by atoms with Crippen molar-refractivity contribution in [3.8, 4) is 0 Å². The van der Waals surface area contributed by atoms with Crippen LogP contribution in [0.25, 0.3) is 0 Å². The number of likely N-dealkylation sites (tertiary alicyclic amines) is 1. The van der Waals surface area contributed by atoms with Gasteiger partial charge in [-0.1, -0.05) is 18.7 Å². The highest BCUT2D eigenvalue weighted by Crippen LogP contribution is 2.23. The maximum Gasteiger partial charge on any atom is 0.157 e. The van der Waals surface area contributed by atoms with Gasteiger partial charge in [0.1, 0.15) is 0 Å². The average molecular weight is 227 g/mol. The molecule has 0 radical (unpaired) electrons. The molecule has 0 aliphatic carbocycles. The molecule has 1 N–H and O–H groups in total. The van der Waals surface area contributed by atoms with E-state index in [4.69, 9.17) is 0 Å². The number of hydrogen-bond acceptors (Lipinski definition) is 4. The summed E-state index contributed by atoms with van der Waals surface area (Å²) in [4.78, 5) is 6.96. The standard InChI is InChI=1S/C11H21N3S/c1-3-10-8-12-11(15-10)13-9-4-6-14(2)7-5-9/h9-10H,3-8H2,1-2H3,(H,12,13). The van der Waals surface area contributed by atoms with Gasteiger partial charge < -0.3 is 10.2 Å². The van der Waals surface area contributed by atoms with Gasteiger partial charge in [-0.25, -0.2) is 0 Å². The highest BCUT2D eigenvalue weighted by molar-refractivity contribution is 8.14. The maximum atomic E-state index is 4.56. The summed E-state index contributed by atoms with van der Waals surface area (Å²) in [6.45, 7) is 5.68. The van der Waals surface area contributed by atoms with Gasteiger partial charge in [0.25, 0.3) is 0 Å². The molecule has 0 bridgehead atoms. The van der Waals surface area contributed by atoms with Crippen molar-refractivity contribution in [1.82, 2.24) is 10.2 Å². The van der Waals surface area contributed by atoms with Crippen LogP contribution in [0.1, 0.15) is 26.2 Å². The van der Waals surface area contributed by atoms with E-state index in [2.05, 4.69) is 29.2 Å².